The summed E-state index contributed by atoms with van der Waals surface area (Å²) in [6, 6.07) is 18.4. The molecule has 4 aromatic rings. The average Bonchev–Trinajstić information content (AvgIpc) is 3.27. The number of nitrogens with zero attached hydrogens (tertiary/aromatic N) is 3. The molecule has 9 heteroatoms. The van der Waals surface area contributed by atoms with Crippen LogP contribution in [0.1, 0.15) is 32.7 Å². The number of carbonyl (C=O) groups is 1. The van der Waals surface area contributed by atoms with Gasteiger partial charge in [0.25, 0.3) is 11.5 Å². The van der Waals surface area contributed by atoms with E-state index in [0.29, 0.717) is 41.7 Å². The van der Waals surface area contributed by atoms with E-state index < -0.39 is 0 Å². The van der Waals surface area contributed by atoms with Crippen molar-refractivity contribution in [1.29, 1.82) is 0 Å². The van der Waals surface area contributed by atoms with Crippen LogP contribution in [0.3, 0.4) is 0 Å². The Labute approximate surface area is 214 Å². The van der Waals surface area contributed by atoms with Crippen molar-refractivity contribution in [1.82, 2.24) is 19.7 Å². The summed E-state index contributed by atoms with van der Waals surface area (Å²) >= 11 is 6.13. The molecule has 36 heavy (non-hydrogen) atoms. The van der Waals surface area contributed by atoms with Gasteiger partial charge in [0.1, 0.15) is 11.4 Å². The third-order valence-corrected chi connectivity index (χ3v) is 5.82. The molecule has 1 N–H and O–H groups in total. The molecular formula is C27H27ClN4O4. The van der Waals surface area contributed by atoms with Crippen LogP contribution >= 0.6 is 11.6 Å². The first-order chi connectivity index (χ1) is 17.4. The standard InChI is InChI=1S/C27H27ClN4O4/c1-35-18-25-24(27(34)29-14-21-11-22(28)13-23(12-21)36-2)17-32(30-25)16-20-8-6-19(7-9-20)15-31-10-4-3-5-26(31)33/h3-13,17H,14-16,18H2,1-2H3,(H,29,34). The van der Waals surface area contributed by atoms with Crippen LogP contribution in [-0.2, 0) is 31.0 Å². The molecule has 1 amide bonds. The van der Waals surface area contributed by atoms with Crippen LogP contribution in [0, 0.1) is 0 Å². The number of rotatable bonds is 10. The van der Waals surface area contributed by atoms with E-state index in [1.807, 2.05) is 36.4 Å². The van der Waals surface area contributed by atoms with E-state index in [0.717, 1.165) is 16.7 Å². The first-order valence-corrected chi connectivity index (χ1v) is 11.7. The SMILES string of the molecule is COCc1nn(Cc2ccc(Cn3ccccc3=O)cc2)cc1C(=O)NCc1cc(Cl)cc(OC)c1. The number of amides is 1. The monoisotopic (exact) mass is 506 g/mol. The van der Waals surface area contributed by atoms with Crippen LogP contribution in [-0.4, -0.2) is 34.5 Å². The molecule has 2 aromatic heterocycles. The van der Waals surface area contributed by atoms with Crippen molar-refractivity contribution in [2.75, 3.05) is 14.2 Å². The van der Waals surface area contributed by atoms with Gasteiger partial charge in [-0.15, -0.1) is 0 Å². The van der Waals surface area contributed by atoms with Crippen molar-refractivity contribution in [2.45, 2.75) is 26.2 Å². The van der Waals surface area contributed by atoms with E-state index in [1.54, 1.807) is 60.1 Å². The van der Waals surface area contributed by atoms with Crippen LogP contribution in [0.5, 0.6) is 5.75 Å². The zero-order valence-corrected chi connectivity index (χ0v) is 20.9. The zero-order valence-electron chi connectivity index (χ0n) is 20.1. The summed E-state index contributed by atoms with van der Waals surface area (Å²) in [5.74, 6) is 0.373. The van der Waals surface area contributed by atoms with E-state index in [1.165, 1.54) is 0 Å². The number of pyridine rings is 1. The first-order valence-electron chi connectivity index (χ1n) is 11.4. The molecule has 0 aliphatic heterocycles. The summed E-state index contributed by atoms with van der Waals surface area (Å²) in [4.78, 5) is 24.9. The summed E-state index contributed by atoms with van der Waals surface area (Å²) in [6.07, 6.45) is 3.49. The molecular weight excluding hydrogens is 480 g/mol. The Bertz CT molecular complexity index is 1400. The maximum Gasteiger partial charge on any atom is 0.255 e. The average molecular weight is 507 g/mol. The fourth-order valence-corrected chi connectivity index (χ4v) is 4.07. The largest absolute Gasteiger partial charge is 0.497 e. The van der Waals surface area contributed by atoms with Crippen molar-refractivity contribution >= 4 is 17.5 Å². The number of halogens is 1. The third kappa shape index (κ3) is 6.41. The minimum absolute atomic E-state index is 0.0379. The van der Waals surface area contributed by atoms with Crippen LogP contribution in [0.25, 0.3) is 0 Å². The van der Waals surface area contributed by atoms with E-state index in [-0.39, 0.29) is 18.1 Å². The molecule has 0 atom stereocenters. The van der Waals surface area contributed by atoms with Gasteiger partial charge in [-0.3, -0.25) is 14.3 Å². The van der Waals surface area contributed by atoms with Crippen LogP contribution in [0.2, 0.25) is 5.02 Å². The van der Waals surface area contributed by atoms with Crippen molar-refractivity contribution in [3.05, 3.63) is 116 Å². The number of methoxy groups -OCH3 is 2. The molecule has 0 saturated heterocycles. The third-order valence-electron chi connectivity index (χ3n) is 5.60. The Kier molecular flexibility index (Phi) is 8.20. The normalized spacial score (nSPS) is 10.9. The van der Waals surface area contributed by atoms with Gasteiger partial charge in [-0.1, -0.05) is 41.9 Å². The lowest BCUT2D eigenvalue weighted by atomic mass is 10.1. The number of hydrogen-bond acceptors (Lipinski definition) is 5. The summed E-state index contributed by atoms with van der Waals surface area (Å²) in [6.45, 7) is 1.49. The van der Waals surface area contributed by atoms with Crippen molar-refractivity contribution in [3.8, 4) is 5.75 Å². The van der Waals surface area contributed by atoms with E-state index in [2.05, 4.69) is 10.4 Å². The zero-order chi connectivity index (χ0) is 25.5. The Morgan fingerprint density at radius 1 is 1.00 bits per heavy atom. The maximum atomic E-state index is 13.0. The summed E-state index contributed by atoms with van der Waals surface area (Å²) in [5, 5.41) is 8.01. The van der Waals surface area contributed by atoms with Gasteiger partial charge in [0.2, 0.25) is 0 Å². The van der Waals surface area contributed by atoms with Gasteiger partial charge in [-0.25, -0.2) is 0 Å². The van der Waals surface area contributed by atoms with E-state index in [9.17, 15) is 9.59 Å². The summed E-state index contributed by atoms with van der Waals surface area (Å²) < 4.78 is 13.9. The van der Waals surface area contributed by atoms with Gasteiger partial charge in [-0.05, 0) is 41.0 Å². The lowest BCUT2D eigenvalue weighted by Gasteiger charge is -2.08. The highest BCUT2D eigenvalue weighted by molar-refractivity contribution is 6.30. The van der Waals surface area contributed by atoms with Crippen LogP contribution < -0.4 is 15.6 Å². The molecule has 4 rings (SSSR count). The van der Waals surface area contributed by atoms with Gasteiger partial charge < -0.3 is 19.4 Å². The first kappa shape index (κ1) is 25.2. The fraction of sp³-hybridized carbons (Fsp3) is 0.222. The fourth-order valence-electron chi connectivity index (χ4n) is 3.82. The van der Waals surface area contributed by atoms with Crippen molar-refractivity contribution < 1.29 is 14.3 Å². The minimum atomic E-state index is -0.254. The van der Waals surface area contributed by atoms with Gasteiger partial charge in [0.15, 0.2) is 0 Å². The Morgan fingerprint density at radius 3 is 2.44 bits per heavy atom. The molecule has 0 radical (unpaired) electrons. The van der Waals surface area contributed by atoms with Gasteiger partial charge in [0, 0.05) is 37.1 Å². The lowest BCUT2D eigenvalue weighted by molar-refractivity contribution is 0.0946. The van der Waals surface area contributed by atoms with Crippen LogP contribution in [0.4, 0.5) is 0 Å². The summed E-state index contributed by atoms with van der Waals surface area (Å²) in [5.41, 5.74) is 3.83. The van der Waals surface area contributed by atoms with Gasteiger partial charge in [0.05, 0.1) is 32.4 Å². The number of nitrogens with one attached hydrogen (secondary N) is 1. The number of hydrogen-bond donors (Lipinski definition) is 1. The van der Waals surface area contributed by atoms with Gasteiger partial charge in [-0.2, -0.15) is 5.10 Å². The minimum Gasteiger partial charge on any atom is -0.497 e. The Balaban J connectivity index is 1.44. The molecule has 8 nitrogen and oxygen atoms in total. The maximum absolute atomic E-state index is 13.0. The quantitative estimate of drug-likeness (QED) is 0.353. The second kappa shape index (κ2) is 11.7. The lowest BCUT2D eigenvalue weighted by Crippen LogP contribution is -2.23. The number of ether oxygens (including phenoxy) is 2. The summed E-state index contributed by atoms with van der Waals surface area (Å²) in [7, 11) is 3.13. The molecule has 2 aromatic carbocycles. The number of carbonyl (C=O) groups excluding carboxylic acids is 1. The molecule has 2 heterocycles. The van der Waals surface area contributed by atoms with E-state index in [4.69, 9.17) is 21.1 Å². The smallest absolute Gasteiger partial charge is 0.255 e. The number of aromatic nitrogens is 3. The second-order valence-electron chi connectivity index (χ2n) is 8.29. The Morgan fingerprint density at radius 2 is 1.75 bits per heavy atom. The molecule has 0 saturated carbocycles. The molecule has 0 bridgehead atoms. The number of benzene rings is 2. The Hall–Kier alpha value is -3.88. The second-order valence-corrected chi connectivity index (χ2v) is 8.72. The molecule has 0 fully saturated rings. The molecule has 186 valence electrons. The molecule has 0 unspecified atom stereocenters. The van der Waals surface area contributed by atoms with Gasteiger partial charge >= 0.3 is 0 Å². The molecule has 0 aliphatic carbocycles. The van der Waals surface area contributed by atoms with Crippen molar-refractivity contribution in [3.63, 3.8) is 0 Å². The highest BCUT2D eigenvalue weighted by atomic mass is 35.5. The molecule has 0 spiro atoms. The van der Waals surface area contributed by atoms with Crippen LogP contribution in [0.15, 0.2) is 77.9 Å². The highest BCUT2D eigenvalue weighted by Crippen LogP contribution is 2.21. The molecule has 0 aliphatic rings. The topological polar surface area (TPSA) is 87.4 Å². The predicted octanol–water partition coefficient (Wildman–Crippen LogP) is 3.88. The van der Waals surface area contributed by atoms with E-state index >= 15 is 0 Å². The predicted molar refractivity (Wildman–Crippen MR) is 137 cm³/mol. The highest BCUT2D eigenvalue weighted by Gasteiger charge is 2.17. The van der Waals surface area contributed by atoms with Crippen molar-refractivity contribution in [2.24, 2.45) is 0 Å².